The van der Waals surface area contributed by atoms with Gasteiger partial charge in [0.15, 0.2) is 6.29 Å². The molecular formula is C12H20O5. The predicted molar refractivity (Wildman–Crippen MR) is 60.3 cm³/mol. The number of rotatable bonds is 6. The van der Waals surface area contributed by atoms with Crippen molar-refractivity contribution in [1.82, 2.24) is 0 Å². The molecule has 1 saturated carbocycles. The first-order chi connectivity index (χ1) is 8.12. The summed E-state index contributed by atoms with van der Waals surface area (Å²) in [4.78, 5) is 23.0. The van der Waals surface area contributed by atoms with Crippen molar-refractivity contribution in [1.29, 1.82) is 0 Å². The molecule has 98 valence electrons. The third kappa shape index (κ3) is 3.78. The Bertz CT molecular complexity index is 272. The van der Waals surface area contributed by atoms with Crippen LogP contribution in [0.5, 0.6) is 0 Å². The molecule has 5 heteroatoms. The van der Waals surface area contributed by atoms with Crippen molar-refractivity contribution in [2.45, 2.75) is 32.0 Å². The molecule has 1 unspecified atom stereocenters. The molecule has 1 aliphatic rings. The summed E-state index contributed by atoms with van der Waals surface area (Å²) in [6.07, 6.45) is 1.70. The minimum absolute atomic E-state index is 0.0581. The van der Waals surface area contributed by atoms with Gasteiger partial charge in [-0.25, -0.2) is 0 Å². The van der Waals surface area contributed by atoms with Gasteiger partial charge in [0.2, 0.25) is 0 Å². The van der Waals surface area contributed by atoms with Gasteiger partial charge in [-0.1, -0.05) is 0 Å². The van der Waals surface area contributed by atoms with Gasteiger partial charge in [-0.05, 0) is 12.3 Å². The van der Waals surface area contributed by atoms with Crippen LogP contribution in [0.4, 0.5) is 0 Å². The fourth-order valence-corrected chi connectivity index (χ4v) is 2.34. The SMILES string of the molecule is COC(=O)C[C@H]1CCC(=O)C1CC(OC)OC. The zero-order valence-electron chi connectivity index (χ0n) is 10.6. The third-order valence-electron chi connectivity index (χ3n) is 3.37. The number of Topliss-reactive ketones (excluding diaryl/α,β-unsaturated/α-hetero) is 1. The Morgan fingerprint density at radius 1 is 1.35 bits per heavy atom. The van der Waals surface area contributed by atoms with E-state index in [1.807, 2.05) is 0 Å². The summed E-state index contributed by atoms with van der Waals surface area (Å²) in [6.45, 7) is 0. The van der Waals surface area contributed by atoms with Gasteiger partial charge in [0.05, 0.1) is 7.11 Å². The molecule has 17 heavy (non-hydrogen) atoms. The summed E-state index contributed by atoms with van der Waals surface area (Å²) in [5.74, 6) is -0.166. The summed E-state index contributed by atoms with van der Waals surface area (Å²) in [7, 11) is 4.45. The molecule has 0 spiro atoms. The molecule has 0 amide bonds. The van der Waals surface area contributed by atoms with Crippen LogP contribution in [-0.2, 0) is 23.8 Å². The molecule has 0 heterocycles. The lowest BCUT2D eigenvalue weighted by molar-refractivity contribution is -0.144. The molecule has 0 N–H and O–H groups in total. The molecule has 0 aliphatic heterocycles. The molecule has 0 bridgehead atoms. The van der Waals surface area contributed by atoms with E-state index >= 15 is 0 Å². The summed E-state index contributed by atoms with van der Waals surface area (Å²) >= 11 is 0. The number of hydrogen-bond donors (Lipinski definition) is 0. The second-order valence-electron chi connectivity index (χ2n) is 4.29. The van der Waals surface area contributed by atoms with E-state index in [4.69, 9.17) is 9.47 Å². The fourth-order valence-electron chi connectivity index (χ4n) is 2.34. The highest BCUT2D eigenvalue weighted by molar-refractivity contribution is 5.84. The van der Waals surface area contributed by atoms with Crippen LogP contribution in [0.25, 0.3) is 0 Å². The zero-order chi connectivity index (χ0) is 12.8. The van der Waals surface area contributed by atoms with Crippen molar-refractivity contribution in [2.24, 2.45) is 11.8 Å². The Hall–Kier alpha value is -0.940. The molecule has 0 aromatic rings. The van der Waals surface area contributed by atoms with Gasteiger partial charge in [0, 0.05) is 39.4 Å². The van der Waals surface area contributed by atoms with Crippen molar-refractivity contribution < 1.29 is 23.8 Å². The van der Waals surface area contributed by atoms with Crippen molar-refractivity contribution in [2.75, 3.05) is 21.3 Å². The highest BCUT2D eigenvalue weighted by atomic mass is 16.7. The van der Waals surface area contributed by atoms with Crippen molar-refractivity contribution in [3.63, 3.8) is 0 Å². The van der Waals surface area contributed by atoms with Gasteiger partial charge in [-0.2, -0.15) is 0 Å². The minimum Gasteiger partial charge on any atom is -0.469 e. The van der Waals surface area contributed by atoms with E-state index in [9.17, 15) is 9.59 Å². The monoisotopic (exact) mass is 244 g/mol. The number of carbonyl (C=O) groups is 2. The van der Waals surface area contributed by atoms with Gasteiger partial charge in [0.1, 0.15) is 5.78 Å². The molecule has 1 fully saturated rings. The second-order valence-corrected chi connectivity index (χ2v) is 4.29. The van der Waals surface area contributed by atoms with Crippen LogP contribution in [0.3, 0.4) is 0 Å². The first-order valence-electron chi connectivity index (χ1n) is 5.77. The van der Waals surface area contributed by atoms with Gasteiger partial charge in [-0.3, -0.25) is 9.59 Å². The van der Waals surface area contributed by atoms with Gasteiger partial charge >= 0.3 is 5.97 Å². The van der Waals surface area contributed by atoms with E-state index in [-0.39, 0.29) is 29.9 Å². The Morgan fingerprint density at radius 3 is 2.53 bits per heavy atom. The maximum absolute atomic E-state index is 11.8. The Kier molecular flexibility index (Phi) is 5.58. The first-order valence-corrected chi connectivity index (χ1v) is 5.77. The molecule has 0 radical (unpaired) electrons. The fraction of sp³-hybridized carbons (Fsp3) is 0.833. The Balaban J connectivity index is 2.58. The highest BCUT2D eigenvalue weighted by Crippen LogP contribution is 2.35. The lowest BCUT2D eigenvalue weighted by Crippen LogP contribution is -2.25. The van der Waals surface area contributed by atoms with E-state index < -0.39 is 0 Å². The maximum Gasteiger partial charge on any atom is 0.305 e. The first kappa shape index (κ1) is 14.1. The van der Waals surface area contributed by atoms with Crippen molar-refractivity contribution in [3.8, 4) is 0 Å². The van der Waals surface area contributed by atoms with Gasteiger partial charge < -0.3 is 14.2 Å². The third-order valence-corrected chi connectivity index (χ3v) is 3.37. The highest BCUT2D eigenvalue weighted by Gasteiger charge is 2.37. The number of ether oxygens (including phenoxy) is 3. The predicted octanol–water partition coefficient (Wildman–Crippen LogP) is 1.15. The molecular weight excluding hydrogens is 224 g/mol. The molecule has 5 nitrogen and oxygen atoms in total. The van der Waals surface area contributed by atoms with Crippen molar-refractivity contribution in [3.05, 3.63) is 0 Å². The molecule has 1 rings (SSSR count). The van der Waals surface area contributed by atoms with Crippen molar-refractivity contribution >= 4 is 11.8 Å². The Morgan fingerprint density at radius 2 is 2.00 bits per heavy atom. The van der Waals surface area contributed by atoms with Crippen LogP contribution in [-0.4, -0.2) is 39.4 Å². The summed E-state index contributed by atoms with van der Waals surface area (Å²) in [6, 6.07) is 0. The van der Waals surface area contributed by atoms with Crippen LogP contribution in [0.2, 0.25) is 0 Å². The minimum atomic E-state index is -0.387. The van der Waals surface area contributed by atoms with Crippen LogP contribution in [0.1, 0.15) is 25.7 Å². The zero-order valence-corrected chi connectivity index (χ0v) is 10.6. The average Bonchev–Trinajstić information content (AvgIpc) is 2.67. The van der Waals surface area contributed by atoms with Crippen LogP contribution < -0.4 is 0 Å². The van der Waals surface area contributed by atoms with E-state index in [0.29, 0.717) is 19.3 Å². The lowest BCUT2D eigenvalue weighted by Gasteiger charge is -2.21. The van der Waals surface area contributed by atoms with Crippen LogP contribution in [0.15, 0.2) is 0 Å². The molecule has 0 aromatic heterocycles. The summed E-state index contributed by atoms with van der Waals surface area (Å²) in [5.41, 5.74) is 0. The van der Waals surface area contributed by atoms with Crippen LogP contribution >= 0.6 is 0 Å². The van der Waals surface area contributed by atoms with E-state index in [2.05, 4.69) is 4.74 Å². The maximum atomic E-state index is 11.8. The number of ketones is 1. The average molecular weight is 244 g/mol. The van der Waals surface area contributed by atoms with E-state index in [0.717, 1.165) is 6.42 Å². The number of carbonyl (C=O) groups excluding carboxylic acids is 2. The lowest BCUT2D eigenvalue weighted by atomic mass is 9.89. The van der Waals surface area contributed by atoms with Crippen LogP contribution in [0, 0.1) is 11.8 Å². The molecule has 0 saturated heterocycles. The molecule has 1 aliphatic carbocycles. The van der Waals surface area contributed by atoms with Gasteiger partial charge in [-0.15, -0.1) is 0 Å². The van der Waals surface area contributed by atoms with E-state index in [1.165, 1.54) is 7.11 Å². The molecule has 0 aromatic carbocycles. The number of methoxy groups -OCH3 is 3. The summed E-state index contributed by atoms with van der Waals surface area (Å²) < 4.78 is 14.8. The smallest absolute Gasteiger partial charge is 0.305 e. The number of esters is 1. The normalized spacial score (nSPS) is 24.4. The standard InChI is InChI=1S/C12H20O5/c1-15-11(14)6-8-4-5-10(13)9(8)7-12(16-2)17-3/h8-9,12H,4-7H2,1-3H3/t8-,9?/m1/s1. The van der Waals surface area contributed by atoms with E-state index in [1.54, 1.807) is 14.2 Å². The number of hydrogen-bond acceptors (Lipinski definition) is 5. The topological polar surface area (TPSA) is 61.8 Å². The quantitative estimate of drug-likeness (QED) is 0.518. The Labute approximate surface area is 101 Å². The largest absolute Gasteiger partial charge is 0.469 e. The van der Waals surface area contributed by atoms with Gasteiger partial charge in [0.25, 0.3) is 0 Å². The molecule has 2 atom stereocenters. The summed E-state index contributed by atoms with van der Waals surface area (Å²) in [5, 5.41) is 0. The second kappa shape index (κ2) is 6.71.